The standard InChI is InChI=1S/C28H23BrN2O3S2/c1-3-34-26-20(29)13-16(14-21(26)33-2)15-23-27(32)31-25(22-9-6-12-35-22)19-11-10-17-7-4-5-8-18(17)24(19)30-28(31)36-23/h4-9,12-15,25H,3,10-11H2,1-2H3/b23-15-/t25-/m0/s1. The lowest BCUT2D eigenvalue weighted by Crippen LogP contribution is -2.38. The predicted molar refractivity (Wildman–Crippen MR) is 149 cm³/mol. The average molecular weight is 580 g/mol. The van der Waals surface area contributed by atoms with E-state index in [-0.39, 0.29) is 11.6 Å². The Kier molecular flexibility index (Phi) is 6.19. The third-order valence-electron chi connectivity index (χ3n) is 6.52. The second-order valence-corrected chi connectivity index (χ2v) is 11.4. The number of thiophene rings is 1. The van der Waals surface area contributed by atoms with Gasteiger partial charge in [-0.3, -0.25) is 9.36 Å². The van der Waals surface area contributed by atoms with Crippen molar-refractivity contribution in [1.29, 1.82) is 0 Å². The van der Waals surface area contributed by atoms with Crippen LogP contribution in [0.25, 0.3) is 11.8 Å². The van der Waals surface area contributed by atoms with E-state index in [1.54, 1.807) is 18.4 Å². The predicted octanol–water partition coefficient (Wildman–Crippen LogP) is 5.55. The van der Waals surface area contributed by atoms with Gasteiger partial charge in [-0.1, -0.05) is 41.7 Å². The number of rotatable bonds is 5. The molecule has 8 heteroatoms. The highest BCUT2D eigenvalue weighted by Crippen LogP contribution is 2.42. The number of nitrogens with zero attached hydrogens (tertiary/aromatic N) is 2. The van der Waals surface area contributed by atoms with E-state index in [4.69, 9.17) is 14.5 Å². The molecule has 0 bridgehead atoms. The number of hydrogen-bond acceptors (Lipinski definition) is 6. The fourth-order valence-electron chi connectivity index (χ4n) is 4.98. The SMILES string of the molecule is CCOc1c(Br)cc(/C=c2\sc3n(c2=O)[C@H](c2cccs2)C2=C(N=3)c3ccccc3CC2)cc1OC. The van der Waals surface area contributed by atoms with Crippen LogP contribution in [0.3, 0.4) is 0 Å². The average Bonchev–Trinajstić information content (AvgIpc) is 3.53. The Balaban J connectivity index is 1.56. The van der Waals surface area contributed by atoms with Gasteiger partial charge < -0.3 is 9.47 Å². The summed E-state index contributed by atoms with van der Waals surface area (Å²) in [5.74, 6) is 1.27. The molecule has 1 atom stereocenters. The van der Waals surface area contributed by atoms with Crippen molar-refractivity contribution in [3.05, 3.63) is 105 Å². The fourth-order valence-corrected chi connectivity index (χ4v) is 7.40. The summed E-state index contributed by atoms with van der Waals surface area (Å²) < 4.78 is 14.6. The lowest BCUT2D eigenvalue weighted by Gasteiger charge is -2.30. The largest absolute Gasteiger partial charge is 0.493 e. The van der Waals surface area contributed by atoms with Gasteiger partial charge in [0.25, 0.3) is 5.56 Å². The third-order valence-corrected chi connectivity index (χ3v) is 9.02. The number of aromatic nitrogens is 1. The van der Waals surface area contributed by atoms with E-state index < -0.39 is 0 Å². The van der Waals surface area contributed by atoms with E-state index in [1.807, 2.05) is 29.7 Å². The van der Waals surface area contributed by atoms with Crippen molar-refractivity contribution in [3.8, 4) is 11.5 Å². The molecule has 0 amide bonds. The monoisotopic (exact) mass is 578 g/mol. The first-order valence-corrected chi connectivity index (χ1v) is 14.2. The van der Waals surface area contributed by atoms with Gasteiger partial charge in [-0.15, -0.1) is 11.3 Å². The van der Waals surface area contributed by atoms with Gasteiger partial charge in [-0.2, -0.15) is 0 Å². The molecular weight excluding hydrogens is 556 g/mol. The second kappa shape index (κ2) is 9.50. The van der Waals surface area contributed by atoms with Gasteiger partial charge in [-0.05, 0) is 82.1 Å². The normalized spacial score (nSPS) is 16.8. The summed E-state index contributed by atoms with van der Waals surface area (Å²) in [6.45, 7) is 2.46. The van der Waals surface area contributed by atoms with Crippen LogP contribution in [0.2, 0.25) is 0 Å². The number of allylic oxidation sites excluding steroid dienone is 1. The Hall–Kier alpha value is -2.94. The molecule has 0 radical (unpaired) electrons. The first kappa shape index (κ1) is 23.5. The van der Waals surface area contributed by atoms with Gasteiger partial charge in [0.1, 0.15) is 0 Å². The number of aryl methyl sites for hydroxylation is 1. The number of benzene rings is 2. The Morgan fingerprint density at radius 3 is 2.83 bits per heavy atom. The van der Waals surface area contributed by atoms with E-state index in [9.17, 15) is 4.79 Å². The van der Waals surface area contributed by atoms with Crippen LogP contribution in [-0.2, 0) is 6.42 Å². The first-order valence-electron chi connectivity index (χ1n) is 11.8. The summed E-state index contributed by atoms with van der Waals surface area (Å²) >= 11 is 6.71. The summed E-state index contributed by atoms with van der Waals surface area (Å²) in [5.41, 5.74) is 5.57. The highest BCUT2D eigenvalue weighted by atomic mass is 79.9. The summed E-state index contributed by atoms with van der Waals surface area (Å²) in [6.07, 6.45) is 3.76. The van der Waals surface area contributed by atoms with Crippen molar-refractivity contribution in [1.82, 2.24) is 4.57 Å². The molecule has 3 heterocycles. The Labute approximate surface area is 224 Å². The van der Waals surface area contributed by atoms with Crippen LogP contribution in [-0.4, -0.2) is 18.3 Å². The van der Waals surface area contributed by atoms with E-state index in [2.05, 4.69) is 57.7 Å². The molecule has 0 spiro atoms. The zero-order chi connectivity index (χ0) is 24.8. The highest BCUT2D eigenvalue weighted by molar-refractivity contribution is 9.10. The molecule has 5 nitrogen and oxygen atoms in total. The van der Waals surface area contributed by atoms with E-state index in [1.165, 1.54) is 28.0 Å². The van der Waals surface area contributed by atoms with E-state index in [0.717, 1.165) is 38.3 Å². The maximum atomic E-state index is 13.8. The van der Waals surface area contributed by atoms with Crippen molar-refractivity contribution in [2.24, 2.45) is 4.99 Å². The number of hydrogen-bond donors (Lipinski definition) is 0. The van der Waals surface area contributed by atoms with Crippen LogP contribution >= 0.6 is 38.6 Å². The molecule has 36 heavy (non-hydrogen) atoms. The molecule has 0 N–H and O–H groups in total. The third kappa shape index (κ3) is 3.88. The molecule has 2 aromatic heterocycles. The molecule has 2 aromatic carbocycles. The molecule has 1 aliphatic carbocycles. The smallest absolute Gasteiger partial charge is 0.271 e. The van der Waals surface area contributed by atoms with Crippen molar-refractivity contribution in [3.63, 3.8) is 0 Å². The molecule has 1 aliphatic heterocycles. The van der Waals surface area contributed by atoms with Crippen molar-refractivity contribution in [2.75, 3.05) is 13.7 Å². The van der Waals surface area contributed by atoms with Gasteiger partial charge in [-0.25, -0.2) is 4.99 Å². The minimum atomic E-state index is -0.131. The van der Waals surface area contributed by atoms with Crippen molar-refractivity contribution in [2.45, 2.75) is 25.8 Å². The number of fused-ring (bicyclic) bond motifs is 3. The molecule has 6 rings (SSSR count). The lowest BCUT2D eigenvalue weighted by atomic mass is 9.85. The molecule has 4 aromatic rings. The van der Waals surface area contributed by atoms with Crippen LogP contribution in [0.5, 0.6) is 11.5 Å². The Morgan fingerprint density at radius 2 is 2.06 bits per heavy atom. The maximum absolute atomic E-state index is 13.8. The Bertz CT molecular complexity index is 1680. The second-order valence-electron chi connectivity index (χ2n) is 8.60. The maximum Gasteiger partial charge on any atom is 0.271 e. The first-order chi connectivity index (χ1) is 17.6. The quantitative estimate of drug-likeness (QED) is 0.312. The number of halogens is 1. The van der Waals surface area contributed by atoms with Gasteiger partial charge in [0, 0.05) is 10.4 Å². The molecule has 2 aliphatic rings. The number of ether oxygens (including phenoxy) is 2. The number of methoxy groups -OCH3 is 1. The zero-order valence-electron chi connectivity index (χ0n) is 19.8. The van der Waals surface area contributed by atoms with E-state index >= 15 is 0 Å². The van der Waals surface area contributed by atoms with Crippen LogP contribution in [0.15, 0.2) is 73.7 Å². The van der Waals surface area contributed by atoms with Crippen LogP contribution in [0, 0.1) is 0 Å². The van der Waals surface area contributed by atoms with Crippen LogP contribution in [0.1, 0.15) is 41.0 Å². The topological polar surface area (TPSA) is 52.8 Å². The molecule has 0 saturated heterocycles. The van der Waals surface area contributed by atoms with Gasteiger partial charge in [0.05, 0.1) is 34.5 Å². The summed E-state index contributed by atoms with van der Waals surface area (Å²) in [6, 6.07) is 16.4. The molecule has 182 valence electrons. The summed E-state index contributed by atoms with van der Waals surface area (Å²) in [4.78, 5) is 20.8. The Morgan fingerprint density at radius 1 is 1.19 bits per heavy atom. The van der Waals surface area contributed by atoms with Crippen molar-refractivity contribution >= 4 is 50.4 Å². The fraction of sp³-hybridized carbons (Fsp3) is 0.214. The lowest BCUT2D eigenvalue weighted by molar-refractivity contribution is 0.309. The zero-order valence-corrected chi connectivity index (χ0v) is 23.0. The molecule has 0 unspecified atom stereocenters. The minimum absolute atomic E-state index is 0.0217. The molecule has 0 saturated carbocycles. The summed E-state index contributed by atoms with van der Waals surface area (Å²) in [7, 11) is 1.62. The van der Waals surface area contributed by atoms with Crippen LogP contribution < -0.4 is 24.4 Å². The summed E-state index contributed by atoms with van der Waals surface area (Å²) in [5, 5.41) is 2.08. The highest BCUT2D eigenvalue weighted by Gasteiger charge is 2.33. The van der Waals surface area contributed by atoms with Crippen molar-refractivity contribution < 1.29 is 9.47 Å². The molecular formula is C28H23BrN2O3S2. The van der Waals surface area contributed by atoms with Gasteiger partial charge >= 0.3 is 0 Å². The molecule has 0 fully saturated rings. The van der Waals surface area contributed by atoms with Gasteiger partial charge in [0.2, 0.25) is 0 Å². The number of thiazole rings is 1. The van der Waals surface area contributed by atoms with Gasteiger partial charge in [0.15, 0.2) is 16.3 Å². The minimum Gasteiger partial charge on any atom is -0.493 e. The van der Waals surface area contributed by atoms with Crippen LogP contribution in [0.4, 0.5) is 0 Å². The van der Waals surface area contributed by atoms with E-state index in [0.29, 0.717) is 22.6 Å².